The maximum Gasteiger partial charge on any atom is 0.246 e. The van der Waals surface area contributed by atoms with E-state index >= 15 is 0 Å². The lowest BCUT2D eigenvalue weighted by atomic mass is 10.1. The molecule has 1 saturated heterocycles. The van der Waals surface area contributed by atoms with E-state index in [1.165, 1.54) is 5.56 Å². The van der Waals surface area contributed by atoms with Crippen molar-refractivity contribution in [1.29, 1.82) is 0 Å². The average molecular weight is 231 g/mol. The van der Waals surface area contributed by atoms with Crippen LogP contribution in [0.2, 0.25) is 0 Å². The standard InChI is InChI=1S/C14H17NO2/c1-12-2-4-13(5-3-12)6-7-14(16)15-8-10-17-11-9-15/h2-7H,8-11H2,1H3/b7-6+. The molecule has 1 aromatic rings. The zero-order valence-corrected chi connectivity index (χ0v) is 10.1. The van der Waals surface area contributed by atoms with Crippen LogP contribution in [0, 0.1) is 6.92 Å². The Hall–Kier alpha value is -1.61. The number of morpholine rings is 1. The molecule has 0 aromatic heterocycles. The second kappa shape index (κ2) is 5.64. The summed E-state index contributed by atoms with van der Waals surface area (Å²) in [5.41, 5.74) is 2.28. The summed E-state index contributed by atoms with van der Waals surface area (Å²) in [4.78, 5) is 13.6. The van der Waals surface area contributed by atoms with E-state index < -0.39 is 0 Å². The molecular formula is C14H17NO2. The van der Waals surface area contributed by atoms with Gasteiger partial charge in [0.2, 0.25) is 5.91 Å². The van der Waals surface area contributed by atoms with Gasteiger partial charge in [0.1, 0.15) is 0 Å². The lowest BCUT2D eigenvalue weighted by Gasteiger charge is -2.25. The molecule has 3 heteroatoms. The van der Waals surface area contributed by atoms with Crippen LogP contribution < -0.4 is 0 Å². The second-order valence-electron chi connectivity index (χ2n) is 4.18. The Balaban J connectivity index is 1.95. The SMILES string of the molecule is Cc1ccc(/C=C/C(=O)N2CCOCC2)cc1. The monoisotopic (exact) mass is 231 g/mol. The second-order valence-corrected chi connectivity index (χ2v) is 4.18. The molecule has 0 spiro atoms. The van der Waals surface area contributed by atoms with E-state index in [1.807, 2.05) is 42.2 Å². The van der Waals surface area contributed by atoms with Crippen LogP contribution >= 0.6 is 0 Å². The molecule has 2 rings (SSSR count). The van der Waals surface area contributed by atoms with Gasteiger partial charge in [0.15, 0.2) is 0 Å². The van der Waals surface area contributed by atoms with Crippen LogP contribution in [0.4, 0.5) is 0 Å². The minimum absolute atomic E-state index is 0.0638. The number of amides is 1. The van der Waals surface area contributed by atoms with Gasteiger partial charge in [-0.15, -0.1) is 0 Å². The van der Waals surface area contributed by atoms with E-state index in [2.05, 4.69) is 0 Å². The number of aryl methyl sites for hydroxylation is 1. The van der Waals surface area contributed by atoms with E-state index in [-0.39, 0.29) is 5.91 Å². The molecule has 1 fully saturated rings. The van der Waals surface area contributed by atoms with Crippen molar-refractivity contribution < 1.29 is 9.53 Å². The number of benzene rings is 1. The summed E-state index contributed by atoms with van der Waals surface area (Å²) in [7, 11) is 0. The van der Waals surface area contributed by atoms with E-state index in [0.29, 0.717) is 26.3 Å². The highest BCUT2D eigenvalue weighted by Crippen LogP contribution is 2.06. The Labute approximate surface area is 102 Å². The Morgan fingerprint density at radius 3 is 2.53 bits per heavy atom. The van der Waals surface area contributed by atoms with Crippen molar-refractivity contribution in [1.82, 2.24) is 4.90 Å². The Morgan fingerprint density at radius 1 is 1.24 bits per heavy atom. The highest BCUT2D eigenvalue weighted by molar-refractivity contribution is 5.91. The van der Waals surface area contributed by atoms with Crippen molar-refractivity contribution in [2.75, 3.05) is 26.3 Å². The Kier molecular flexibility index (Phi) is 3.94. The summed E-state index contributed by atoms with van der Waals surface area (Å²) >= 11 is 0. The summed E-state index contributed by atoms with van der Waals surface area (Å²) in [5.74, 6) is 0.0638. The quantitative estimate of drug-likeness (QED) is 0.727. The molecule has 3 nitrogen and oxygen atoms in total. The molecular weight excluding hydrogens is 214 g/mol. The summed E-state index contributed by atoms with van der Waals surface area (Å²) < 4.78 is 5.21. The minimum Gasteiger partial charge on any atom is -0.378 e. The van der Waals surface area contributed by atoms with Crippen molar-refractivity contribution in [3.05, 3.63) is 41.5 Å². The molecule has 1 heterocycles. The largest absolute Gasteiger partial charge is 0.378 e. The fourth-order valence-electron chi connectivity index (χ4n) is 1.73. The molecule has 0 atom stereocenters. The first kappa shape index (κ1) is 11.9. The van der Waals surface area contributed by atoms with Gasteiger partial charge in [-0.2, -0.15) is 0 Å². The molecule has 0 N–H and O–H groups in total. The fraction of sp³-hybridized carbons (Fsp3) is 0.357. The van der Waals surface area contributed by atoms with Gasteiger partial charge in [-0.3, -0.25) is 4.79 Å². The third kappa shape index (κ3) is 3.43. The van der Waals surface area contributed by atoms with Gasteiger partial charge in [-0.1, -0.05) is 29.8 Å². The molecule has 1 aliphatic rings. The smallest absolute Gasteiger partial charge is 0.246 e. The topological polar surface area (TPSA) is 29.5 Å². The predicted octanol–water partition coefficient (Wildman–Crippen LogP) is 1.87. The lowest BCUT2D eigenvalue weighted by Crippen LogP contribution is -2.39. The molecule has 17 heavy (non-hydrogen) atoms. The van der Waals surface area contributed by atoms with Crippen LogP contribution in [-0.4, -0.2) is 37.1 Å². The first-order valence-corrected chi connectivity index (χ1v) is 5.87. The van der Waals surface area contributed by atoms with Gasteiger partial charge >= 0.3 is 0 Å². The van der Waals surface area contributed by atoms with E-state index in [9.17, 15) is 4.79 Å². The first-order chi connectivity index (χ1) is 8.25. The molecule has 0 unspecified atom stereocenters. The van der Waals surface area contributed by atoms with Crippen molar-refractivity contribution >= 4 is 12.0 Å². The first-order valence-electron chi connectivity index (χ1n) is 5.87. The summed E-state index contributed by atoms with van der Waals surface area (Å²) in [6, 6.07) is 8.11. The van der Waals surface area contributed by atoms with Gasteiger partial charge in [0.25, 0.3) is 0 Å². The zero-order chi connectivity index (χ0) is 12.1. The molecule has 1 aromatic carbocycles. The van der Waals surface area contributed by atoms with Crippen molar-refractivity contribution in [3.63, 3.8) is 0 Å². The van der Waals surface area contributed by atoms with Crippen LogP contribution in [0.1, 0.15) is 11.1 Å². The third-order valence-corrected chi connectivity index (χ3v) is 2.82. The number of carbonyl (C=O) groups excluding carboxylic acids is 1. The van der Waals surface area contributed by atoms with Crippen molar-refractivity contribution in [2.45, 2.75) is 6.92 Å². The fourth-order valence-corrected chi connectivity index (χ4v) is 1.73. The zero-order valence-electron chi connectivity index (χ0n) is 10.1. The summed E-state index contributed by atoms with van der Waals surface area (Å²) in [5, 5.41) is 0. The number of rotatable bonds is 2. The van der Waals surface area contributed by atoms with E-state index in [0.717, 1.165) is 5.56 Å². The molecule has 1 aliphatic heterocycles. The predicted molar refractivity (Wildman–Crippen MR) is 67.6 cm³/mol. The summed E-state index contributed by atoms with van der Waals surface area (Å²) in [6.07, 6.45) is 3.49. The normalized spacial score (nSPS) is 16.4. The van der Waals surface area contributed by atoms with Crippen LogP contribution in [0.15, 0.2) is 30.3 Å². The van der Waals surface area contributed by atoms with Crippen molar-refractivity contribution in [2.24, 2.45) is 0 Å². The molecule has 0 bridgehead atoms. The number of ether oxygens (including phenoxy) is 1. The van der Waals surface area contributed by atoms with Crippen LogP contribution in [0.25, 0.3) is 6.08 Å². The minimum atomic E-state index is 0.0638. The number of hydrogen-bond donors (Lipinski definition) is 0. The van der Waals surface area contributed by atoms with Crippen LogP contribution in [0.5, 0.6) is 0 Å². The lowest BCUT2D eigenvalue weighted by molar-refractivity contribution is -0.129. The van der Waals surface area contributed by atoms with E-state index in [1.54, 1.807) is 6.08 Å². The van der Waals surface area contributed by atoms with E-state index in [4.69, 9.17) is 4.74 Å². The maximum absolute atomic E-state index is 11.8. The molecule has 90 valence electrons. The average Bonchev–Trinajstić information content (AvgIpc) is 2.39. The molecule has 0 aliphatic carbocycles. The highest BCUT2D eigenvalue weighted by Gasteiger charge is 2.13. The van der Waals surface area contributed by atoms with Gasteiger partial charge < -0.3 is 9.64 Å². The molecule has 0 saturated carbocycles. The van der Waals surface area contributed by atoms with Crippen molar-refractivity contribution in [3.8, 4) is 0 Å². The molecule has 1 amide bonds. The Morgan fingerprint density at radius 2 is 1.88 bits per heavy atom. The number of carbonyl (C=O) groups is 1. The maximum atomic E-state index is 11.8. The number of hydrogen-bond acceptors (Lipinski definition) is 2. The summed E-state index contributed by atoms with van der Waals surface area (Å²) in [6.45, 7) is 4.72. The number of nitrogens with zero attached hydrogens (tertiary/aromatic N) is 1. The highest BCUT2D eigenvalue weighted by atomic mass is 16.5. The van der Waals surface area contributed by atoms with Crippen LogP contribution in [-0.2, 0) is 9.53 Å². The van der Waals surface area contributed by atoms with Crippen LogP contribution in [0.3, 0.4) is 0 Å². The third-order valence-electron chi connectivity index (χ3n) is 2.82. The van der Waals surface area contributed by atoms with Gasteiger partial charge in [-0.25, -0.2) is 0 Å². The van der Waals surface area contributed by atoms with Gasteiger partial charge in [0, 0.05) is 19.2 Å². The van der Waals surface area contributed by atoms with Gasteiger partial charge in [-0.05, 0) is 18.6 Å². The van der Waals surface area contributed by atoms with Gasteiger partial charge in [0.05, 0.1) is 13.2 Å². The molecule has 0 radical (unpaired) electrons. The Bertz CT molecular complexity index is 403.